The molecule has 0 aliphatic heterocycles. The number of aryl methyl sites for hydroxylation is 5. The van der Waals surface area contributed by atoms with Crippen LogP contribution in [0.2, 0.25) is 0 Å². The Morgan fingerprint density at radius 2 is 1.70 bits per heavy atom. The van der Waals surface area contributed by atoms with Crippen LogP contribution >= 0.6 is 0 Å². The van der Waals surface area contributed by atoms with Crippen LogP contribution in [0.4, 0.5) is 0 Å². The molecule has 3 rings (SSSR count). The summed E-state index contributed by atoms with van der Waals surface area (Å²) in [5.74, 6) is 1.07. The van der Waals surface area contributed by atoms with Crippen molar-refractivity contribution in [1.29, 1.82) is 0 Å². The van der Waals surface area contributed by atoms with Crippen molar-refractivity contribution in [2.45, 2.75) is 53.9 Å². The fraction of sp³-hybridized carbons (Fsp3) is 0.476. The molecule has 1 aromatic carbocycles. The Labute approximate surface area is 159 Å². The van der Waals surface area contributed by atoms with Crippen molar-refractivity contribution in [2.75, 3.05) is 6.61 Å². The number of fused-ring (bicyclic) bond motifs is 1. The molecule has 0 amide bonds. The van der Waals surface area contributed by atoms with Crippen LogP contribution in [-0.4, -0.2) is 25.7 Å². The topological polar surface area (TPSA) is 61.9 Å². The summed E-state index contributed by atoms with van der Waals surface area (Å²) in [5.41, 5.74) is 5.24. The number of aromatic nitrogens is 4. The summed E-state index contributed by atoms with van der Waals surface area (Å²) in [5, 5.41) is 0. The van der Waals surface area contributed by atoms with Gasteiger partial charge in [-0.15, -0.1) is 0 Å². The molecule has 27 heavy (non-hydrogen) atoms. The quantitative estimate of drug-likeness (QED) is 0.619. The molecule has 0 spiro atoms. The second-order valence-electron chi connectivity index (χ2n) is 7.23. The van der Waals surface area contributed by atoms with E-state index in [9.17, 15) is 4.79 Å². The van der Waals surface area contributed by atoms with E-state index in [1.54, 1.807) is 16.2 Å². The Morgan fingerprint density at radius 1 is 1.04 bits per heavy atom. The van der Waals surface area contributed by atoms with Gasteiger partial charge in [0, 0.05) is 7.05 Å². The third-order valence-corrected chi connectivity index (χ3v) is 4.82. The van der Waals surface area contributed by atoms with E-state index in [0.717, 1.165) is 36.1 Å². The van der Waals surface area contributed by atoms with Crippen LogP contribution in [0.25, 0.3) is 16.9 Å². The summed E-state index contributed by atoms with van der Waals surface area (Å²) in [6, 6.07) is 4.17. The molecule has 6 nitrogen and oxygen atoms in total. The maximum atomic E-state index is 13.1. The van der Waals surface area contributed by atoms with E-state index in [1.807, 2.05) is 20.8 Å². The van der Waals surface area contributed by atoms with Crippen molar-refractivity contribution in [3.05, 3.63) is 45.1 Å². The standard InChI is InChI=1S/C21H28N4O2/c1-7-8-9-10-27-20-18-19(22-16(5)23-20)25(21(26)24(18)6)17-14(3)11-13(2)12-15(17)4/h11-12H,7-10H2,1-6H3. The van der Waals surface area contributed by atoms with Gasteiger partial charge < -0.3 is 4.74 Å². The lowest BCUT2D eigenvalue weighted by Crippen LogP contribution is -2.22. The highest BCUT2D eigenvalue weighted by Gasteiger charge is 2.21. The van der Waals surface area contributed by atoms with Crippen molar-refractivity contribution in [3.8, 4) is 11.6 Å². The Kier molecular flexibility index (Phi) is 5.35. The zero-order valence-corrected chi connectivity index (χ0v) is 17.1. The van der Waals surface area contributed by atoms with Crippen molar-refractivity contribution in [1.82, 2.24) is 19.1 Å². The van der Waals surface area contributed by atoms with Crippen LogP contribution in [0.1, 0.15) is 48.7 Å². The van der Waals surface area contributed by atoms with E-state index in [4.69, 9.17) is 4.74 Å². The first-order valence-electron chi connectivity index (χ1n) is 9.52. The molecule has 0 bridgehead atoms. The van der Waals surface area contributed by atoms with Crippen LogP contribution in [0.3, 0.4) is 0 Å². The van der Waals surface area contributed by atoms with Gasteiger partial charge in [-0.05, 0) is 45.2 Å². The molecule has 2 aromatic heterocycles. The normalized spacial score (nSPS) is 11.3. The van der Waals surface area contributed by atoms with Crippen molar-refractivity contribution in [2.24, 2.45) is 7.05 Å². The first-order valence-corrected chi connectivity index (χ1v) is 9.52. The molecule has 2 heterocycles. The van der Waals surface area contributed by atoms with Crippen LogP contribution < -0.4 is 10.4 Å². The van der Waals surface area contributed by atoms with Crippen LogP contribution in [-0.2, 0) is 7.05 Å². The summed E-state index contributed by atoms with van der Waals surface area (Å²) < 4.78 is 9.22. The van der Waals surface area contributed by atoms with Gasteiger partial charge in [0.2, 0.25) is 5.88 Å². The Bertz CT molecular complexity index is 1020. The van der Waals surface area contributed by atoms with Crippen molar-refractivity contribution >= 4 is 11.2 Å². The molecule has 0 fully saturated rings. The van der Waals surface area contributed by atoms with Crippen LogP contribution in [0, 0.1) is 27.7 Å². The molecule has 0 N–H and O–H groups in total. The first kappa shape index (κ1) is 19.1. The third-order valence-electron chi connectivity index (χ3n) is 4.82. The first-order chi connectivity index (χ1) is 12.8. The number of nitrogens with zero attached hydrogens (tertiary/aromatic N) is 4. The fourth-order valence-electron chi connectivity index (χ4n) is 3.66. The van der Waals surface area contributed by atoms with E-state index in [1.165, 1.54) is 5.56 Å². The lowest BCUT2D eigenvalue weighted by atomic mass is 10.1. The Hall–Kier alpha value is -2.63. The average Bonchev–Trinajstić information content (AvgIpc) is 2.83. The molecule has 0 saturated heterocycles. The number of imidazole rings is 1. The number of hydrogen-bond acceptors (Lipinski definition) is 4. The van der Waals surface area contributed by atoms with Gasteiger partial charge in [0.1, 0.15) is 5.82 Å². The van der Waals surface area contributed by atoms with Gasteiger partial charge >= 0.3 is 5.69 Å². The van der Waals surface area contributed by atoms with Gasteiger partial charge in [-0.2, -0.15) is 4.98 Å². The number of benzene rings is 1. The molecule has 0 unspecified atom stereocenters. The molecule has 0 radical (unpaired) electrons. The van der Waals surface area contributed by atoms with E-state index in [0.29, 0.717) is 29.5 Å². The predicted octanol–water partition coefficient (Wildman–Crippen LogP) is 3.92. The minimum atomic E-state index is -0.140. The Balaban J connectivity index is 2.23. The summed E-state index contributed by atoms with van der Waals surface area (Å²) in [4.78, 5) is 22.2. The molecule has 0 aliphatic carbocycles. The molecule has 3 aromatic rings. The Morgan fingerprint density at radius 3 is 2.33 bits per heavy atom. The number of unbranched alkanes of at least 4 members (excludes halogenated alkanes) is 2. The highest BCUT2D eigenvalue weighted by atomic mass is 16.5. The average molecular weight is 368 g/mol. The monoisotopic (exact) mass is 368 g/mol. The largest absolute Gasteiger partial charge is 0.476 e. The SMILES string of the molecule is CCCCCOc1nc(C)nc2c1n(C)c(=O)n2-c1c(C)cc(C)cc1C. The van der Waals surface area contributed by atoms with Crippen LogP contribution in [0.5, 0.6) is 5.88 Å². The highest BCUT2D eigenvalue weighted by molar-refractivity contribution is 5.79. The smallest absolute Gasteiger partial charge is 0.334 e. The van der Waals surface area contributed by atoms with Crippen molar-refractivity contribution < 1.29 is 4.74 Å². The summed E-state index contributed by atoms with van der Waals surface area (Å²) in [6.45, 7) is 10.7. The second kappa shape index (κ2) is 7.55. The molecular weight excluding hydrogens is 340 g/mol. The number of rotatable bonds is 6. The maximum Gasteiger partial charge on any atom is 0.334 e. The number of ether oxygens (including phenoxy) is 1. The lowest BCUT2D eigenvalue weighted by molar-refractivity contribution is 0.296. The third kappa shape index (κ3) is 3.48. The van der Waals surface area contributed by atoms with Gasteiger partial charge in [0.25, 0.3) is 0 Å². The van der Waals surface area contributed by atoms with Gasteiger partial charge in [-0.25, -0.2) is 14.3 Å². The molecule has 0 atom stereocenters. The zero-order valence-electron chi connectivity index (χ0n) is 17.1. The molecule has 144 valence electrons. The molecule has 6 heteroatoms. The van der Waals surface area contributed by atoms with Gasteiger partial charge in [-0.3, -0.25) is 4.57 Å². The fourth-order valence-corrected chi connectivity index (χ4v) is 3.66. The predicted molar refractivity (Wildman–Crippen MR) is 108 cm³/mol. The minimum absolute atomic E-state index is 0.140. The van der Waals surface area contributed by atoms with E-state index < -0.39 is 0 Å². The molecule has 0 saturated carbocycles. The van der Waals surface area contributed by atoms with Crippen LogP contribution in [0.15, 0.2) is 16.9 Å². The summed E-state index contributed by atoms with van der Waals surface area (Å²) in [6.07, 6.45) is 3.20. The summed E-state index contributed by atoms with van der Waals surface area (Å²) >= 11 is 0. The second-order valence-corrected chi connectivity index (χ2v) is 7.23. The summed E-state index contributed by atoms with van der Waals surface area (Å²) in [7, 11) is 1.75. The highest BCUT2D eigenvalue weighted by Crippen LogP contribution is 2.27. The van der Waals surface area contributed by atoms with Crippen molar-refractivity contribution in [3.63, 3.8) is 0 Å². The lowest BCUT2D eigenvalue weighted by Gasteiger charge is -2.12. The van der Waals surface area contributed by atoms with E-state index in [2.05, 4.69) is 35.9 Å². The minimum Gasteiger partial charge on any atom is -0.476 e. The van der Waals surface area contributed by atoms with Gasteiger partial charge in [-0.1, -0.05) is 37.5 Å². The number of hydrogen-bond donors (Lipinski definition) is 0. The van der Waals surface area contributed by atoms with Gasteiger partial charge in [0.15, 0.2) is 11.2 Å². The molecule has 0 aliphatic rings. The maximum absolute atomic E-state index is 13.1. The van der Waals surface area contributed by atoms with E-state index in [-0.39, 0.29) is 5.69 Å². The van der Waals surface area contributed by atoms with Gasteiger partial charge in [0.05, 0.1) is 12.3 Å². The van der Waals surface area contributed by atoms with E-state index >= 15 is 0 Å². The molecular formula is C21H28N4O2. The zero-order chi connectivity index (χ0) is 19.7.